The first-order valence-corrected chi connectivity index (χ1v) is 13.6. The molecular formula is C30H33N7O2. The number of hydrogen-bond donors (Lipinski definition) is 2. The van der Waals surface area contributed by atoms with Crippen molar-refractivity contribution < 1.29 is 9.59 Å². The van der Waals surface area contributed by atoms with Gasteiger partial charge in [-0.15, -0.1) is 0 Å². The molecule has 2 amide bonds. The van der Waals surface area contributed by atoms with Crippen LogP contribution >= 0.6 is 0 Å². The van der Waals surface area contributed by atoms with Gasteiger partial charge in [0.1, 0.15) is 28.7 Å². The minimum atomic E-state index is -0.225. The van der Waals surface area contributed by atoms with Crippen LogP contribution in [0.5, 0.6) is 0 Å². The second kappa shape index (κ2) is 9.80. The molecule has 2 fully saturated rings. The molecule has 6 rings (SSSR count). The highest BCUT2D eigenvalue weighted by Gasteiger charge is 2.55. The van der Waals surface area contributed by atoms with Crippen molar-refractivity contribution in [3.63, 3.8) is 0 Å². The summed E-state index contributed by atoms with van der Waals surface area (Å²) in [7, 11) is 0. The van der Waals surface area contributed by atoms with Crippen molar-refractivity contribution in [3.05, 3.63) is 72.4 Å². The van der Waals surface area contributed by atoms with E-state index in [2.05, 4.69) is 19.7 Å². The number of rotatable bonds is 6. The monoisotopic (exact) mass is 523 g/mol. The number of benzene rings is 1. The van der Waals surface area contributed by atoms with E-state index < -0.39 is 0 Å². The molecular weight excluding hydrogens is 490 g/mol. The van der Waals surface area contributed by atoms with E-state index in [-0.39, 0.29) is 17.7 Å². The van der Waals surface area contributed by atoms with Crippen molar-refractivity contribution in [2.45, 2.75) is 39.5 Å². The smallest absolute Gasteiger partial charge is 0.256 e. The second-order valence-corrected chi connectivity index (χ2v) is 11.1. The molecule has 2 aliphatic rings. The van der Waals surface area contributed by atoms with Gasteiger partial charge in [0.15, 0.2) is 0 Å². The predicted molar refractivity (Wildman–Crippen MR) is 150 cm³/mol. The summed E-state index contributed by atoms with van der Waals surface area (Å²) in [5, 5.41) is 2.81. The van der Waals surface area contributed by atoms with Gasteiger partial charge in [0.25, 0.3) is 5.91 Å². The molecule has 39 heavy (non-hydrogen) atoms. The van der Waals surface area contributed by atoms with Crippen LogP contribution in [0.3, 0.4) is 0 Å². The molecule has 3 N–H and O–H groups in total. The van der Waals surface area contributed by atoms with Gasteiger partial charge in [-0.2, -0.15) is 0 Å². The van der Waals surface area contributed by atoms with E-state index in [1.807, 2.05) is 43.1 Å². The van der Waals surface area contributed by atoms with E-state index in [4.69, 9.17) is 10.7 Å². The lowest BCUT2D eigenvalue weighted by Crippen LogP contribution is -2.41. The SMILES string of the molecule is CC(C)C(=O)N1CCC2(CC1)CC2Cc1nc(-c2ccc(C(=O)Nc3ccccn3)cc2)c2c(N)nccn12. The number of hydrogen-bond acceptors (Lipinski definition) is 6. The van der Waals surface area contributed by atoms with Gasteiger partial charge in [0.05, 0.1) is 0 Å². The quantitative estimate of drug-likeness (QED) is 0.385. The Labute approximate surface area is 227 Å². The number of nitrogens with two attached hydrogens (primary N) is 1. The highest BCUT2D eigenvalue weighted by Crippen LogP contribution is 2.60. The standard InChI is InChI=1S/C30H33N7O2/c1-19(2)29(39)36-14-10-30(11-15-36)18-22(30)17-24-35-25(26-27(31)33-13-16-37(24)26)20-6-8-21(9-7-20)28(38)34-23-5-3-4-12-32-23/h3-9,12-13,16,19,22H,10-11,14-15,17-18H2,1-2H3,(H2,31,33)(H,32,34,38). The summed E-state index contributed by atoms with van der Waals surface area (Å²) in [6.45, 7) is 5.63. The molecule has 4 aromatic rings. The first kappa shape index (κ1) is 25.0. The van der Waals surface area contributed by atoms with Crippen LogP contribution in [0.2, 0.25) is 0 Å². The van der Waals surface area contributed by atoms with E-state index in [9.17, 15) is 9.59 Å². The Kier molecular flexibility index (Phi) is 6.29. The highest BCUT2D eigenvalue weighted by atomic mass is 16.2. The molecule has 3 aromatic heterocycles. The summed E-state index contributed by atoms with van der Waals surface area (Å²) >= 11 is 0. The number of amides is 2. The molecule has 1 aliphatic carbocycles. The minimum Gasteiger partial charge on any atom is -0.382 e. The van der Waals surface area contributed by atoms with E-state index >= 15 is 0 Å². The Morgan fingerprint density at radius 1 is 1.08 bits per heavy atom. The van der Waals surface area contributed by atoms with Gasteiger partial charge in [-0.3, -0.25) is 14.0 Å². The van der Waals surface area contributed by atoms with Gasteiger partial charge in [-0.05, 0) is 54.9 Å². The summed E-state index contributed by atoms with van der Waals surface area (Å²) in [4.78, 5) is 40.7. The normalized spacial score (nSPS) is 18.0. The van der Waals surface area contributed by atoms with Crippen molar-refractivity contribution in [3.8, 4) is 11.3 Å². The molecule has 1 saturated heterocycles. The largest absolute Gasteiger partial charge is 0.382 e. The fourth-order valence-corrected chi connectivity index (χ4v) is 5.97. The van der Waals surface area contributed by atoms with Crippen LogP contribution in [0.25, 0.3) is 16.8 Å². The molecule has 1 aromatic carbocycles. The van der Waals surface area contributed by atoms with Crippen LogP contribution in [-0.2, 0) is 11.2 Å². The molecule has 1 saturated carbocycles. The highest BCUT2D eigenvalue weighted by molar-refractivity contribution is 6.04. The van der Waals surface area contributed by atoms with E-state index in [1.165, 1.54) is 6.42 Å². The third-order valence-corrected chi connectivity index (χ3v) is 8.34. The zero-order valence-electron chi connectivity index (χ0n) is 22.3. The Bertz CT molecular complexity index is 1520. The number of fused-ring (bicyclic) bond motifs is 1. The van der Waals surface area contributed by atoms with E-state index in [0.717, 1.165) is 55.0 Å². The van der Waals surface area contributed by atoms with Crippen molar-refractivity contribution in [1.82, 2.24) is 24.3 Å². The molecule has 1 unspecified atom stereocenters. The van der Waals surface area contributed by atoms with Crippen LogP contribution in [0.15, 0.2) is 61.1 Å². The summed E-state index contributed by atoms with van der Waals surface area (Å²) < 4.78 is 2.06. The van der Waals surface area contributed by atoms with Crippen LogP contribution in [0.1, 0.15) is 49.3 Å². The average Bonchev–Trinajstić information content (AvgIpc) is 3.46. The Morgan fingerprint density at radius 2 is 1.85 bits per heavy atom. The number of piperidine rings is 1. The second-order valence-electron chi connectivity index (χ2n) is 11.1. The maximum atomic E-state index is 12.7. The van der Waals surface area contributed by atoms with Crippen LogP contribution in [-0.4, -0.2) is 49.2 Å². The number of carbonyl (C=O) groups is 2. The molecule has 200 valence electrons. The Hall–Kier alpha value is -4.27. The van der Waals surface area contributed by atoms with Gasteiger partial charge >= 0.3 is 0 Å². The number of nitrogen functional groups attached to an aromatic ring is 1. The van der Waals surface area contributed by atoms with Gasteiger partial charge in [0, 0.05) is 55.1 Å². The Balaban J connectivity index is 1.21. The van der Waals surface area contributed by atoms with Crippen LogP contribution in [0.4, 0.5) is 11.6 Å². The zero-order chi connectivity index (χ0) is 27.1. The minimum absolute atomic E-state index is 0.0483. The number of anilines is 2. The molecule has 0 radical (unpaired) electrons. The number of nitrogens with zero attached hydrogens (tertiary/aromatic N) is 5. The van der Waals surface area contributed by atoms with Gasteiger partial charge < -0.3 is 16.0 Å². The lowest BCUT2D eigenvalue weighted by Gasteiger charge is -2.34. The summed E-state index contributed by atoms with van der Waals surface area (Å²) in [6, 6.07) is 12.7. The third-order valence-electron chi connectivity index (χ3n) is 8.34. The van der Waals surface area contributed by atoms with Crippen molar-refractivity contribution in [1.29, 1.82) is 0 Å². The maximum Gasteiger partial charge on any atom is 0.256 e. The predicted octanol–water partition coefficient (Wildman–Crippen LogP) is 4.45. The molecule has 9 nitrogen and oxygen atoms in total. The number of pyridine rings is 1. The van der Waals surface area contributed by atoms with Crippen molar-refractivity contribution >= 4 is 29.0 Å². The molecule has 1 spiro atoms. The molecule has 0 bridgehead atoms. The van der Waals surface area contributed by atoms with E-state index in [1.54, 1.807) is 36.7 Å². The van der Waals surface area contributed by atoms with E-state index in [0.29, 0.717) is 28.5 Å². The topological polar surface area (TPSA) is 119 Å². The number of likely N-dealkylation sites (tertiary alicyclic amines) is 1. The molecule has 4 heterocycles. The van der Waals surface area contributed by atoms with Crippen molar-refractivity contribution in [2.75, 3.05) is 24.1 Å². The fourth-order valence-electron chi connectivity index (χ4n) is 5.97. The average molecular weight is 524 g/mol. The van der Waals surface area contributed by atoms with Crippen LogP contribution in [0, 0.1) is 17.3 Å². The lowest BCUT2D eigenvalue weighted by molar-refractivity contribution is -0.136. The van der Waals surface area contributed by atoms with Gasteiger partial charge in [-0.25, -0.2) is 15.0 Å². The number of nitrogens with one attached hydrogen (secondary N) is 1. The molecule has 9 heteroatoms. The number of imidazole rings is 1. The number of aromatic nitrogens is 4. The van der Waals surface area contributed by atoms with Gasteiger partial charge in [0.2, 0.25) is 5.91 Å². The number of carbonyl (C=O) groups excluding carboxylic acids is 2. The molecule has 1 aliphatic heterocycles. The molecule has 1 atom stereocenters. The summed E-state index contributed by atoms with van der Waals surface area (Å²) in [5.74, 6) is 2.52. The zero-order valence-corrected chi connectivity index (χ0v) is 22.3. The first-order chi connectivity index (χ1) is 18.8. The van der Waals surface area contributed by atoms with Crippen LogP contribution < -0.4 is 11.1 Å². The third kappa shape index (κ3) is 4.73. The van der Waals surface area contributed by atoms with Gasteiger partial charge in [-0.1, -0.05) is 32.0 Å². The lowest BCUT2D eigenvalue weighted by atomic mass is 9.89. The Morgan fingerprint density at radius 3 is 2.54 bits per heavy atom. The first-order valence-electron chi connectivity index (χ1n) is 13.6. The fraction of sp³-hybridized carbons (Fsp3) is 0.367. The summed E-state index contributed by atoms with van der Waals surface area (Å²) in [5.41, 5.74) is 9.60. The summed E-state index contributed by atoms with van der Waals surface area (Å²) in [6.07, 6.45) is 9.40. The van der Waals surface area contributed by atoms with Crippen molar-refractivity contribution in [2.24, 2.45) is 17.3 Å². The maximum absolute atomic E-state index is 12.7.